The third-order valence-electron chi connectivity index (χ3n) is 2.59. The Bertz CT molecular complexity index is 789. The SMILES string of the molecule is COc1c(-c2noc(CN)n2)cc(F)c(S(C)(=O)=O)c1F. The molecule has 2 N–H and O–H groups in total. The molecule has 2 rings (SSSR count). The van der Waals surface area contributed by atoms with Gasteiger partial charge in [-0.1, -0.05) is 5.16 Å². The number of hydrogen-bond acceptors (Lipinski definition) is 7. The summed E-state index contributed by atoms with van der Waals surface area (Å²) in [5.74, 6) is -3.23. The number of ether oxygens (including phenoxy) is 1. The molecule has 0 saturated carbocycles. The quantitative estimate of drug-likeness (QED) is 0.891. The molecule has 7 nitrogen and oxygen atoms in total. The van der Waals surface area contributed by atoms with Crippen molar-refractivity contribution in [1.82, 2.24) is 10.1 Å². The Morgan fingerprint density at radius 3 is 2.57 bits per heavy atom. The van der Waals surface area contributed by atoms with Crippen molar-refractivity contribution in [2.24, 2.45) is 5.73 Å². The van der Waals surface area contributed by atoms with Gasteiger partial charge in [0.2, 0.25) is 11.7 Å². The van der Waals surface area contributed by atoms with Crippen LogP contribution in [0.25, 0.3) is 11.4 Å². The van der Waals surface area contributed by atoms with E-state index < -0.39 is 32.1 Å². The lowest BCUT2D eigenvalue weighted by atomic mass is 10.1. The second kappa shape index (κ2) is 5.37. The van der Waals surface area contributed by atoms with Gasteiger partial charge in [-0.3, -0.25) is 0 Å². The average molecular weight is 319 g/mol. The highest BCUT2D eigenvalue weighted by Gasteiger charge is 2.28. The van der Waals surface area contributed by atoms with Gasteiger partial charge in [-0.2, -0.15) is 4.98 Å². The predicted octanol–water partition coefficient (Wildman–Crippen LogP) is 0.886. The van der Waals surface area contributed by atoms with E-state index in [9.17, 15) is 17.2 Å². The van der Waals surface area contributed by atoms with Crippen molar-refractivity contribution < 1.29 is 26.5 Å². The average Bonchev–Trinajstić information content (AvgIpc) is 2.85. The lowest BCUT2D eigenvalue weighted by Gasteiger charge is -2.10. The van der Waals surface area contributed by atoms with E-state index >= 15 is 0 Å². The second-order valence-corrected chi connectivity index (χ2v) is 6.02. The molecule has 0 amide bonds. The van der Waals surface area contributed by atoms with Gasteiger partial charge in [0.25, 0.3) is 0 Å². The smallest absolute Gasteiger partial charge is 0.240 e. The molecule has 0 bridgehead atoms. The van der Waals surface area contributed by atoms with E-state index in [0.29, 0.717) is 6.26 Å². The molecule has 0 aliphatic heterocycles. The van der Waals surface area contributed by atoms with Crippen LogP contribution < -0.4 is 10.5 Å². The van der Waals surface area contributed by atoms with Crippen molar-refractivity contribution in [2.75, 3.05) is 13.4 Å². The van der Waals surface area contributed by atoms with E-state index in [-0.39, 0.29) is 23.8 Å². The van der Waals surface area contributed by atoms with Gasteiger partial charge in [-0.25, -0.2) is 17.2 Å². The van der Waals surface area contributed by atoms with Gasteiger partial charge < -0.3 is 15.0 Å². The molecule has 2 aromatic rings. The van der Waals surface area contributed by atoms with Crippen molar-refractivity contribution in [3.63, 3.8) is 0 Å². The highest BCUT2D eigenvalue weighted by atomic mass is 32.2. The fourth-order valence-corrected chi connectivity index (χ4v) is 2.57. The molecular formula is C11H11F2N3O4S. The molecule has 1 heterocycles. The summed E-state index contributed by atoms with van der Waals surface area (Å²) >= 11 is 0. The first-order chi connectivity index (χ1) is 9.79. The van der Waals surface area contributed by atoms with Crippen LogP contribution in [0.1, 0.15) is 5.89 Å². The van der Waals surface area contributed by atoms with Crippen LogP contribution in [0.5, 0.6) is 5.75 Å². The summed E-state index contributed by atoms with van der Waals surface area (Å²) < 4.78 is 60.5. The minimum absolute atomic E-state index is 0.0539. The number of methoxy groups -OCH3 is 1. The van der Waals surface area contributed by atoms with Crippen molar-refractivity contribution in [3.05, 3.63) is 23.6 Å². The molecule has 0 aliphatic rings. The lowest BCUT2D eigenvalue weighted by Crippen LogP contribution is -2.07. The molecule has 10 heteroatoms. The topological polar surface area (TPSA) is 108 Å². The van der Waals surface area contributed by atoms with Crippen LogP contribution in [-0.2, 0) is 16.4 Å². The summed E-state index contributed by atoms with van der Waals surface area (Å²) in [5, 5.41) is 3.51. The summed E-state index contributed by atoms with van der Waals surface area (Å²) in [6, 6.07) is 0.767. The van der Waals surface area contributed by atoms with Crippen LogP contribution in [0.4, 0.5) is 8.78 Å². The maximum atomic E-state index is 14.2. The monoisotopic (exact) mass is 319 g/mol. The minimum atomic E-state index is -4.11. The molecule has 0 aliphatic carbocycles. The Kier molecular flexibility index (Phi) is 3.92. The van der Waals surface area contributed by atoms with Crippen LogP contribution in [0.3, 0.4) is 0 Å². The largest absolute Gasteiger partial charge is 0.493 e. The van der Waals surface area contributed by atoms with Gasteiger partial charge in [-0.15, -0.1) is 0 Å². The molecule has 1 aromatic heterocycles. The van der Waals surface area contributed by atoms with Crippen LogP contribution >= 0.6 is 0 Å². The highest BCUT2D eigenvalue weighted by Crippen LogP contribution is 2.36. The molecule has 0 unspecified atom stereocenters. The summed E-state index contributed by atoms with van der Waals surface area (Å²) in [6.07, 6.45) is 0.689. The van der Waals surface area contributed by atoms with E-state index in [2.05, 4.69) is 10.1 Å². The van der Waals surface area contributed by atoms with E-state index in [1.807, 2.05) is 0 Å². The number of sulfone groups is 1. The number of halogens is 2. The van der Waals surface area contributed by atoms with Crippen molar-refractivity contribution in [1.29, 1.82) is 0 Å². The Balaban J connectivity index is 2.74. The van der Waals surface area contributed by atoms with Gasteiger partial charge >= 0.3 is 0 Å². The van der Waals surface area contributed by atoms with E-state index in [4.69, 9.17) is 15.0 Å². The van der Waals surface area contributed by atoms with Gasteiger partial charge in [0.1, 0.15) is 10.7 Å². The van der Waals surface area contributed by atoms with E-state index in [0.717, 1.165) is 13.2 Å². The first-order valence-corrected chi connectivity index (χ1v) is 7.47. The van der Waals surface area contributed by atoms with Crippen LogP contribution in [-0.4, -0.2) is 31.9 Å². The zero-order valence-corrected chi connectivity index (χ0v) is 11.9. The number of aromatic nitrogens is 2. The molecule has 0 atom stereocenters. The fourth-order valence-electron chi connectivity index (χ4n) is 1.74. The number of rotatable bonds is 4. The van der Waals surface area contributed by atoms with E-state index in [1.54, 1.807) is 0 Å². The third kappa shape index (κ3) is 2.72. The highest BCUT2D eigenvalue weighted by molar-refractivity contribution is 7.90. The third-order valence-corrected chi connectivity index (χ3v) is 3.71. The summed E-state index contributed by atoms with van der Waals surface area (Å²) in [5.41, 5.74) is 5.12. The van der Waals surface area contributed by atoms with Gasteiger partial charge in [-0.05, 0) is 6.07 Å². The normalized spacial score (nSPS) is 11.7. The summed E-state index contributed by atoms with van der Waals surface area (Å²) in [7, 11) is -3.00. The number of hydrogen-bond donors (Lipinski definition) is 1. The molecular weight excluding hydrogens is 308 g/mol. The minimum Gasteiger partial charge on any atom is -0.493 e. The van der Waals surface area contributed by atoms with Crippen molar-refractivity contribution in [2.45, 2.75) is 11.4 Å². The first-order valence-electron chi connectivity index (χ1n) is 5.58. The Labute approximate surface area is 118 Å². The summed E-state index contributed by atoms with van der Waals surface area (Å²) in [4.78, 5) is 2.74. The first kappa shape index (κ1) is 15.3. The molecule has 0 fully saturated rings. The lowest BCUT2D eigenvalue weighted by molar-refractivity contribution is 0.372. The molecule has 1 aromatic carbocycles. The predicted molar refractivity (Wildman–Crippen MR) is 67.2 cm³/mol. The van der Waals surface area contributed by atoms with Gasteiger partial charge in [0.05, 0.1) is 19.2 Å². The molecule has 0 spiro atoms. The zero-order chi connectivity index (χ0) is 15.8. The maximum Gasteiger partial charge on any atom is 0.240 e. The molecule has 0 radical (unpaired) electrons. The van der Waals surface area contributed by atoms with Gasteiger partial charge in [0.15, 0.2) is 21.4 Å². The standard InChI is InChI=1S/C11H11F2N3O4S/c1-19-9-5(11-15-7(4-14)20-16-11)3-6(12)10(8(9)13)21(2,17)18/h3H,4,14H2,1-2H3. The Morgan fingerprint density at radius 2 is 2.10 bits per heavy atom. The van der Waals surface area contributed by atoms with Crippen LogP contribution in [0.15, 0.2) is 15.5 Å². The van der Waals surface area contributed by atoms with E-state index in [1.165, 1.54) is 0 Å². The van der Waals surface area contributed by atoms with Crippen molar-refractivity contribution in [3.8, 4) is 17.1 Å². The molecule has 0 saturated heterocycles. The summed E-state index contributed by atoms with van der Waals surface area (Å²) in [6.45, 7) is -0.0539. The van der Waals surface area contributed by atoms with Gasteiger partial charge in [0, 0.05) is 6.26 Å². The molecule has 114 valence electrons. The fraction of sp³-hybridized carbons (Fsp3) is 0.273. The Hall–Kier alpha value is -2.07. The Morgan fingerprint density at radius 1 is 1.43 bits per heavy atom. The second-order valence-electron chi connectivity index (χ2n) is 4.07. The van der Waals surface area contributed by atoms with Crippen LogP contribution in [0.2, 0.25) is 0 Å². The van der Waals surface area contributed by atoms with Crippen molar-refractivity contribution >= 4 is 9.84 Å². The zero-order valence-electron chi connectivity index (χ0n) is 11.1. The number of nitrogens with zero attached hydrogens (tertiary/aromatic N) is 2. The van der Waals surface area contributed by atoms with Crippen LogP contribution in [0, 0.1) is 11.6 Å². The number of nitrogens with two attached hydrogens (primary N) is 1. The molecule has 21 heavy (non-hydrogen) atoms. The number of benzene rings is 1. The maximum absolute atomic E-state index is 14.2.